The molecular weight excluding hydrogens is 368 g/mol. The van der Waals surface area contributed by atoms with E-state index in [1.54, 1.807) is 27.4 Å². The Balaban J connectivity index is 2.75. The van der Waals surface area contributed by atoms with Gasteiger partial charge in [-0.1, -0.05) is 0 Å². The number of likely N-dealkylation sites (N-methyl/N-ethyl adjacent to an activating group) is 1. The van der Waals surface area contributed by atoms with Gasteiger partial charge in [-0.15, -0.1) is 0 Å². The fourth-order valence-electron chi connectivity index (χ4n) is 3.07. The van der Waals surface area contributed by atoms with Crippen LogP contribution in [0.3, 0.4) is 0 Å². The van der Waals surface area contributed by atoms with Crippen molar-refractivity contribution in [2.75, 3.05) is 51.6 Å². The van der Waals surface area contributed by atoms with Crippen LogP contribution in [-0.4, -0.2) is 68.4 Å². The SMILES string of the molecule is C/N=C(/c1nc(NC)c(C(C)(C)C=O)c(N(C)CCOC)n1)c1cccnc1C. The molecule has 8 heteroatoms. The number of aldehydes is 1. The summed E-state index contributed by atoms with van der Waals surface area (Å²) >= 11 is 0. The van der Waals surface area contributed by atoms with Crippen molar-refractivity contribution in [2.45, 2.75) is 26.2 Å². The summed E-state index contributed by atoms with van der Waals surface area (Å²) in [6.45, 7) is 6.78. The number of nitrogens with one attached hydrogen (secondary N) is 1. The molecule has 2 aromatic heterocycles. The van der Waals surface area contributed by atoms with E-state index in [0.29, 0.717) is 36.3 Å². The van der Waals surface area contributed by atoms with Crippen LogP contribution in [0.5, 0.6) is 0 Å². The summed E-state index contributed by atoms with van der Waals surface area (Å²) < 4.78 is 5.22. The van der Waals surface area contributed by atoms with E-state index >= 15 is 0 Å². The van der Waals surface area contributed by atoms with Gasteiger partial charge in [-0.2, -0.15) is 0 Å². The maximum Gasteiger partial charge on any atom is 0.182 e. The zero-order valence-corrected chi connectivity index (χ0v) is 18.3. The minimum Gasteiger partial charge on any atom is -0.383 e. The van der Waals surface area contributed by atoms with E-state index in [0.717, 1.165) is 23.1 Å². The topological polar surface area (TPSA) is 92.6 Å². The van der Waals surface area contributed by atoms with Crippen molar-refractivity contribution in [1.82, 2.24) is 15.0 Å². The van der Waals surface area contributed by atoms with Crippen LogP contribution in [0.2, 0.25) is 0 Å². The van der Waals surface area contributed by atoms with Crippen LogP contribution in [-0.2, 0) is 14.9 Å². The van der Waals surface area contributed by atoms with Crippen molar-refractivity contribution in [1.29, 1.82) is 0 Å². The third kappa shape index (κ3) is 4.76. The molecule has 0 aliphatic carbocycles. The summed E-state index contributed by atoms with van der Waals surface area (Å²) in [6.07, 6.45) is 2.66. The number of ether oxygens (including phenoxy) is 1. The fraction of sp³-hybridized carbons (Fsp3) is 0.476. The molecule has 1 N–H and O–H groups in total. The molecular formula is C21H30N6O2. The second-order valence-electron chi connectivity index (χ2n) is 7.31. The zero-order chi connectivity index (χ0) is 21.6. The third-order valence-corrected chi connectivity index (χ3v) is 4.76. The molecule has 2 heterocycles. The van der Waals surface area contributed by atoms with Crippen LogP contribution in [0.25, 0.3) is 0 Å². The molecule has 0 aliphatic rings. The highest BCUT2D eigenvalue weighted by Gasteiger charge is 2.31. The van der Waals surface area contributed by atoms with Gasteiger partial charge in [-0.25, -0.2) is 9.97 Å². The second kappa shape index (κ2) is 9.56. The molecule has 0 aliphatic heterocycles. The molecule has 0 saturated carbocycles. The van der Waals surface area contributed by atoms with Gasteiger partial charge in [-0.05, 0) is 32.9 Å². The molecule has 0 aromatic carbocycles. The van der Waals surface area contributed by atoms with Gasteiger partial charge in [0.1, 0.15) is 23.6 Å². The first-order chi connectivity index (χ1) is 13.8. The van der Waals surface area contributed by atoms with E-state index < -0.39 is 5.41 Å². The summed E-state index contributed by atoms with van der Waals surface area (Å²) in [5.41, 5.74) is 2.31. The molecule has 2 rings (SSSR count). The Kier molecular flexibility index (Phi) is 7.39. The normalized spacial score (nSPS) is 12.0. The number of anilines is 2. The molecule has 0 saturated heterocycles. The van der Waals surface area contributed by atoms with Crippen LogP contribution in [0.1, 0.15) is 36.5 Å². The first kappa shape index (κ1) is 22.4. The van der Waals surface area contributed by atoms with Gasteiger partial charge in [0.15, 0.2) is 5.82 Å². The number of carbonyl (C=O) groups is 1. The molecule has 0 fully saturated rings. The third-order valence-electron chi connectivity index (χ3n) is 4.76. The van der Waals surface area contributed by atoms with E-state index in [1.165, 1.54) is 0 Å². The first-order valence-electron chi connectivity index (χ1n) is 9.46. The maximum atomic E-state index is 11.9. The highest BCUT2D eigenvalue weighted by molar-refractivity contribution is 6.11. The van der Waals surface area contributed by atoms with Gasteiger partial charge in [0, 0.05) is 57.8 Å². The first-order valence-corrected chi connectivity index (χ1v) is 9.46. The highest BCUT2D eigenvalue weighted by atomic mass is 16.5. The van der Waals surface area contributed by atoms with Crippen LogP contribution in [0.4, 0.5) is 11.6 Å². The minimum absolute atomic E-state index is 0.470. The number of rotatable bonds is 9. The maximum absolute atomic E-state index is 11.9. The Morgan fingerprint density at radius 1 is 1.38 bits per heavy atom. The van der Waals surface area contributed by atoms with E-state index in [2.05, 4.69) is 15.3 Å². The van der Waals surface area contributed by atoms with E-state index in [1.807, 2.05) is 44.9 Å². The molecule has 2 aromatic rings. The molecule has 8 nitrogen and oxygen atoms in total. The number of aromatic nitrogens is 3. The second-order valence-corrected chi connectivity index (χ2v) is 7.31. The van der Waals surface area contributed by atoms with Gasteiger partial charge >= 0.3 is 0 Å². The monoisotopic (exact) mass is 398 g/mol. The van der Waals surface area contributed by atoms with Gasteiger partial charge in [0.2, 0.25) is 0 Å². The van der Waals surface area contributed by atoms with Crippen molar-refractivity contribution in [3.63, 3.8) is 0 Å². The molecule has 156 valence electrons. The Bertz CT molecular complexity index is 895. The fourth-order valence-corrected chi connectivity index (χ4v) is 3.07. The lowest BCUT2D eigenvalue weighted by atomic mass is 9.86. The lowest BCUT2D eigenvalue weighted by molar-refractivity contribution is -0.111. The van der Waals surface area contributed by atoms with Crippen LogP contribution in [0.15, 0.2) is 23.3 Å². The lowest BCUT2D eigenvalue weighted by Gasteiger charge is -2.29. The van der Waals surface area contributed by atoms with Crippen LogP contribution in [0, 0.1) is 6.92 Å². The number of aliphatic imine (C=N–C) groups is 1. The largest absolute Gasteiger partial charge is 0.383 e. The average Bonchev–Trinajstić information content (AvgIpc) is 2.73. The molecule has 0 bridgehead atoms. The number of aryl methyl sites for hydroxylation is 1. The summed E-state index contributed by atoms with van der Waals surface area (Å²) in [5, 5.41) is 3.13. The van der Waals surface area contributed by atoms with Crippen molar-refractivity contribution >= 4 is 23.6 Å². The zero-order valence-electron chi connectivity index (χ0n) is 18.3. The molecule has 0 radical (unpaired) electrons. The van der Waals surface area contributed by atoms with Crippen molar-refractivity contribution in [3.05, 3.63) is 41.0 Å². The van der Waals surface area contributed by atoms with Crippen LogP contribution < -0.4 is 10.2 Å². The smallest absolute Gasteiger partial charge is 0.182 e. The van der Waals surface area contributed by atoms with E-state index in [9.17, 15) is 4.79 Å². The summed E-state index contributed by atoms with van der Waals surface area (Å²) in [4.78, 5) is 32.2. The molecule has 0 spiro atoms. The number of nitrogens with zero attached hydrogens (tertiary/aromatic N) is 5. The Labute approximate surface area is 172 Å². The molecule has 0 unspecified atom stereocenters. The predicted octanol–water partition coefficient (Wildman–Crippen LogP) is 2.25. The number of hydrogen-bond acceptors (Lipinski definition) is 8. The van der Waals surface area contributed by atoms with Gasteiger partial charge < -0.3 is 19.7 Å². The van der Waals surface area contributed by atoms with Gasteiger partial charge in [0.05, 0.1) is 12.0 Å². The molecule has 0 atom stereocenters. The van der Waals surface area contributed by atoms with Crippen molar-refractivity contribution in [3.8, 4) is 0 Å². The van der Waals surface area contributed by atoms with E-state index in [-0.39, 0.29) is 0 Å². The summed E-state index contributed by atoms with van der Waals surface area (Å²) in [5.74, 6) is 1.72. The van der Waals surface area contributed by atoms with Crippen molar-refractivity contribution < 1.29 is 9.53 Å². The quantitative estimate of drug-likeness (QED) is 0.511. The predicted molar refractivity (Wildman–Crippen MR) is 116 cm³/mol. The number of hydrogen-bond donors (Lipinski definition) is 1. The number of methoxy groups -OCH3 is 1. The lowest BCUT2D eigenvalue weighted by Crippen LogP contribution is -2.31. The van der Waals surface area contributed by atoms with E-state index in [4.69, 9.17) is 14.7 Å². The summed E-state index contributed by atoms with van der Waals surface area (Å²) in [6, 6.07) is 3.81. The Hall–Kier alpha value is -2.87. The number of carbonyl (C=O) groups excluding carboxylic acids is 1. The average molecular weight is 399 g/mol. The number of pyridine rings is 1. The Morgan fingerprint density at radius 3 is 2.66 bits per heavy atom. The summed E-state index contributed by atoms with van der Waals surface area (Å²) in [7, 11) is 7.07. The van der Waals surface area contributed by atoms with Gasteiger partial charge in [-0.3, -0.25) is 9.98 Å². The van der Waals surface area contributed by atoms with Gasteiger partial charge in [0.25, 0.3) is 0 Å². The van der Waals surface area contributed by atoms with Crippen LogP contribution >= 0.6 is 0 Å². The standard InChI is InChI=1S/C21H30N6O2/c1-14-15(9-8-10-24-14)17(22-4)19-25-18(23-5)16(21(2,3)13-28)20(26-19)27(6)11-12-29-7/h8-10,13H,11-12H2,1-7H3,(H,23,25,26)/b22-17+. The molecule has 0 amide bonds. The molecule has 29 heavy (non-hydrogen) atoms. The minimum atomic E-state index is -0.777. The van der Waals surface area contributed by atoms with Crippen molar-refractivity contribution in [2.24, 2.45) is 4.99 Å². The highest BCUT2D eigenvalue weighted by Crippen LogP contribution is 2.35. The Morgan fingerprint density at radius 2 is 2.10 bits per heavy atom.